The van der Waals surface area contributed by atoms with E-state index < -0.39 is 0 Å². The topological polar surface area (TPSA) is 32.3 Å². The molecule has 1 aliphatic heterocycles. The normalized spacial score (nSPS) is 13.7. The summed E-state index contributed by atoms with van der Waals surface area (Å²) in [4.78, 5) is 15.7. The highest BCUT2D eigenvalue weighted by molar-refractivity contribution is 7.98. The summed E-state index contributed by atoms with van der Waals surface area (Å²) in [6.45, 7) is 1.91. The monoisotopic (exact) mass is 326 g/mol. The molecule has 1 N–H and O–H groups in total. The molecule has 0 bridgehead atoms. The number of nitrogens with one attached hydrogen (secondary N) is 1. The summed E-state index contributed by atoms with van der Waals surface area (Å²) in [7, 11) is 0. The van der Waals surface area contributed by atoms with Gasteiger partial charge in [0.1, 0.15) is 0 Å². The van der Waals surface area contributed by atoms with E-state index in [1.807, 2.05) is 23.1 Å². The van der Waals surface area contributed by atoms with E-state index >= 15 is 0 Å². The van der Waals surface area contributed by atoms with Gasteiger partial charge >= 0.3 is 0 Å². The van der Waals surface area contributed by atoms with Crippen molar-refractivity contribution in [1.82, 2.24) is 5.32 Å². The predicted octanol–water partition coefficient (Wildman–Crippen LogP) is 3.48. The van der Waals surface area contributed by atoms with Crippen molar-refractivity contribution in [3.8, 4) is 0 Å². The molecule has 3 nitrogen and oxygen atoms in total. The van der Waals surface area contributed by atoms with Gasteiger partial charge in [0.25, 0.3) is 0 Å². The number of carbonyl (C=O) groups excluding carboxylic acids is 1. The van der Waals surface area contributed by atoms with E-state index in [1.54, 1.807) is 11.8 Å². The minimum atomic E-state index is 0.151. The van der Waals surface area contributed by atoms with E-state index in [9.17, 15) is 4.79 Å². The van der Waals surface area contributed by atoms with Gasteiger partial charge in [0.2, 0.25) is 5.91 Å². The molecule has 0 unspecified atom stereocenters. The number of fused-ring (bicyclic) bond motifs is 1. The quantitative estimate of drug-likeness (QED) is 0.854. The minimum Gasteiger partial charge on any atom is -0.311 e. The van der Waals surface area contributed by atoms with Crippen molar-refractivity contribution in [2.75, 3.05) is 24.2 Å². The minimum absolute atomic E-state index is 0.151. The molecule has 0 atom stereocenters. The van der Waals surface area contributed by atoms with Gasteiger partial charge in [-0.15, -0.1) is 11.8 Å². The zero-order valence-electron chi connectivity index (χ0n) is 13.4. The molecular formula is C19H22N2OS. The van der Waals surface area contributed by atoms with Crippen LogP contribution in [0.4, 0.5) is 5.69 Å². The standard InChI is InChI=1S/C19H22N2OS/c1-23-17-10-8-15(9-11-17)13-20-14-19(22)21-12-4-6-16-5-2-3-7-18(16)21/h2-3,5,7-11,20H,4,6,12-14H2,1H3. The molecule has 0 saturated carbocycles. The Morgan fingerprint density at radius 2 is 1.96 bits per heavy atom. The molecule has 3 rings (SSSR count). The number of carbonyl (C=O) groups is 1. The first-order valence-electron chi connectivity index (χ1n) is 8.00. The number of benzene rings is 2. The average Bonchev–Trinajstić information content (AvgIpc) is 2.61. The van der Waals surface area contributed by atoms with Crippen LogP contribution in [0.15, 0.2) is 53.4 Å². The molecule has 0 radical (unpaired) electrons. The first-order valence-corrected chi connectivity index (χ1v) is 9.22. The van der Waals surface area contributed by atoms with Crippen molar-refractivity contribution in [1.29, 1.82) is 0 Å². The fraction of sp³-hybridized carbons (Fsp3) is 0.316. The van der Waals surface area contributed by atoms with Crippen molar-refractivity contribution in [2.24, 2.45) is 0 Å². The van der Waals surface area contributed by atoms with E-state index in [4.69, 9.17) is 0 Å². The number of rotatable bonds is 5. The highest BCUT2D eigenvalue weighted by Gasteiger charge is 2.21. The summed E-state index contributed by atoms with van der Waals surface area (Å²) in [6, 6.07) is 16.7. The van der Waals surface area contributed by atoms with Gasteiger partial charge in [0.05, 0.1) is 6.54 Å². The Bertz CT molecular complexity index is 669. The van der Waals surface area contributed by atoms with E-state index in [1.165, 1.54) is 16.0 Å². The molecule has 0 saturated heterocycles. The van der Waals surface area contributed by atoms with Gasteiger partial charge in [-0.25, -0.2) is 0 Å². The number of thioether (sulfide) groups is 1. The summed E-state index contributed by atoms with van der Waals surface area (Å²) in [5, 5.41) is 3.27. The Kier molecular flexibility index (Phi) is 5.36. The number of hydrogen-bond donors (Lipinski definition) is 1. The SMILES string of the molecule is CSc1ccc(CNCC(=O)N2CCCc3ccccc32)cc1. The molecule has 1 aliphatic rings. The van der Waals surface area contributed by atoms with Crippen molar-refractivity contribution in [2.45, 2.75) is 24.3 Å². The third kappa shape index (κ3) is 3.95. The zero-order valence-corrected chi connectivity index (χ0v) is 14.2. The van der Waals surface area contributed by atoms with Gasteiger partial charge in [0.15, 0.2) is 0 Å². The first-order chi connectivity index (χ1) is 11.3. The van der Waals surface area contributed by atoms with Crippen LogP contribution in [0.2, 0.25) is 0 Å². The zero-order chi connectivity index (χ0) is 16.1. The fourth-order valence-corrected chi connectivity index (χ4v) is 3.35. The maximum atomic E-state index is 12.5. The second-order valence-corrected chi connectivity index (χ2v) is 6.61. The van der Waals surface area contributed by atoms with Crippen LogP contribution in [0.1, 0.15) is 17.5 Å². The average molecular weight is 326 g/mol. The lowest BCUT2D eigenvalue weighted by Crippen LogP contribution is -2.41. The molecule has 0 aromatic heterocycles. The lowest BCUT2D eigenvalue weighted by atomic mass is 10.0. The van der Waals surface area contributed by atoms with Crippen LogP contribution in [0, 0.1) is 0 Å². The summed E-state index contributed by atoms with van der Waals surface area (Å²) < 4.78 is 0. The second-order valence-electron chi connectivity index (χ2n) is 5.73. The fourth-order valence-electron chi connectivity index (χ4n) is 2.95. The van der Waals surface area contributed by atoms with Crippen LogP contribution in [0.5, 0.6) is 0 Å². The predicted molar refractivity (Wildman–Crippen MR) is 97.0 cm³/mol. The maximum absolute atomic E-state index is 12.5. The molecule has 120 valence electrons. The lowest BCUT2D eigenvalue weighted by Gasteiger charge is -2.29. The van der Waals surface area contributed by atoms with Crippen molar-refractivity contribution < 1.29 is 4.79 Å². The number of anilines is 1. The first kappa shape index (κ1) is 16.1. The summed E-state index contributed by atoms with van der Waals surface area (Å²) in [5.41, 5.74) is 3.56. The molecule has 0 aliphatic carbocycles. The van der Waals surface area contributed by atoms with E-state index in [0.717, 1.165) is 31.6 Å². The molecule has 2 aromatic rings. The van der Waals surface area contributed by atoms with Gasteiger partial charge in [-0.3, -0.25) is 4.79 Å². The number of para-hydroxylation sites is 1. The second kappa shape index (κ2) is 7.66. The third-order valence-electron chi connectivity index (χ3n) is 4.18. The molecular weight excluding hydrogens is 304 g/mol. The number of aryl methyl sites for hydroxylation is 1. The lowest BCUT2D eigenvalue weighted by molar-refractivity contribution is -0.117. The van der Waals surface area contributed by atoms with Crippen molar-refractivity contribution >= 4 is 23.4 Å². The third-order valence-corrected chi connectivity index (χ3v) is 4.92. The largest absolute Gasteiger partial charge is 0.311 e. The highest BCUT2D eigenvalue weighted by atomic mass is 32.2. The van der Waals surface area contributed by atoms with E-state index in [-0.39, 0.29) is 5.91 Å². The molecule has 0 spiro atoms. The van der Waals surface area contributed by atoms with Crippen molar-refractivity contribution in [3.05, 3.63) is 59.7 Å². The molecule has 0 fully saturated rings. The Balaban J connectivity index is 1.55. The van der Waals surface area contributed by atoms with Crippen LogP contribution < -0.4 is 10.2 Å². The molecule has 4 heteroatoms. The molecule has 1 heterocycles. The molecule has 23 heavy (non-hydrogen) atoms. The highest BCUT2D eigenvalue weighted by Crippen LogP contribution is 2.26. The van der Waals surface area contributed by atoms with Gasteiger partial charge in [-0.2, -0.15) is 0 Å². The van der Waals surface area contributed by atoms with Gasteiger partial charge in [0, 0.05) is 23.7 Å². The Morgan fingerprint density at radius 1 is 1.17 bits per heavy atom. The molecule has 2 aromatic carbocycles. The summed E-state index contributed by atoms with van der Waals surface area (Å²) in [5.74, 6) is 0.151. The summed E-state index contributed by atoms with van der Waals surface area (Å²) in [6.07, 6.45) is 4.18. The van der Waals surface area contributed by atoms with Crippen LogP contribution in [0.3, 0.4) is 0 Å². The van der Waals surface area contributed by atoms with Crippen LogP contribution in [-0.4, -0.2) is 25.3 Å². The molecule has 1 amide bonds. The van der Waals surface area contributed by atoms with Crippen LogP contribution in [-0.2, 0) is 17.8 Å². The van der Waals surface area contributed by atoms with Gasteiger partial charge in [-0.1, -0.05) is 30.3 Å². The van der Waals surface area contributed by atoms with Crippen molar-refractivity contribution in [3.63, 3.8) is 0 Å². The number of hydrogen-bond acceptors (Lipinski definition) is 3. The Morgan fingerprint density at radius 3 is 2.74 bits per heavy atom. The summed E-state index contributed by atoms with van der Waals surface area (Å²) >= 11 is 1.74. The smallest absolute Gasteiger partial charge is 0.240 e. The Labute approximate surface area is 142 Å². The van der Waals surface area contributed by atoms with Gasteiger partial charge in [-0.05, 0) is 48.4 Å². The van der Waals surface area contributed by atoms with Gasteiger partial charge < -0.3 is 10.2 Å². The maximum Gasteiger partial charge on any atom is 0.240 e. The Hall–Kier alpha value is -1.78. The van der Waals surface area contributed by atoms with Crippen LogP contribution >= 0.6 is 11.8 Å². The number of nitrogens with zero attached hydrogens (tertiary/aromatic N) is 1. The van der Waals surface area contributed by atoms with E-state index in [0.29, 0.717) is 6.54 Å². The number of amides is 1. The van der Waals surface area contributed by atoms with E-state index in [2.05, 4.69) is 41.9 Å². The van der Waals surface area contributed by atoms with Crippen LogP contribution in [0.25, 0.3) is 0 Å².